The minimum Gasteiger partial charge on any atom is -0.262 e. The van der Waals surface area contributed by atoms with Crippen molar-refractivity contribution in [2.75, 3.05) is 0 Å². The average molecular weight is 195 g/mol. The maximum Gasteiger partial charge on any atom is 0.423 e. The first-order valence-corrected chi connectivity index (χ1v) is 2.23. The third kappa shape index (κ3) is 10.7. The molecule has 0 unspecified atom stereocenters. The zero-order valence-electron chi connectivity index (χ0n) is 2.94. The van der Waals surface area contributed by atoms with E-state index < -0.39 is 10.4 Å². The maximum absolute atomic E-state index is 9.08. The van der Waals surface area contributed by atoms with E-state index in [-0.39, 0.29) is 17.0 Å². The molecule has 7 heavy (non-hydrogen) atoms. The van der Waals surface area contributed by atoms with Gasteiger partial charge in [-0.1, -0.05) is 4.33 Å². The number of hydrogen-bond acceptors (Lipinski definition) is 4. The molecule has 0 atom stereocenters. The molecule has 0 aromatic heterocycles. The highest BCUT2D eigenvalue weighted by Gasteiger charge is 1.97. The largest absolute Gasteiger partial charge is 0.423 e. The molecular weight excluding hydrogens is 192 g/mol. The predicted molar refractivity (Wildman–Crippen MR) is 25.6 cm³/mol. The Labute approximate surface area is 50.6 Å². The van der Waals surface area contributed by atoms with E-state index in [1.54, 1.807) is 0 Å². The molecule has 46 valence electrons. The summed E-state index contributed by atoms with van der Waals surface area (Å²) in [6, 6.07) is 0. The standard InChI is InChI=1S/BrH.H2O5S/c;1-5-6(2,3)4/h1H;1H,(H,2,3,4). The van der Waals surface area contributed by atoms with Crippen molar-refractivity contribution in [2.24, 2.45) is 0 Å². The highest BCUT2D eigenvalue weighted by atomic mass is 79.9. The zero-order valence-corrected chi connectivity index (χ0v) is 5.47. The molecular formula is H3BrO5S. The molecule has 2 N–H and O–H groups in total. The molecule has 0 spiro atoms. The van der Waals surface area contributed by atoms with E-state index in [9.17, 15) is 0 Å². The fourth-order valence-electron chi connectivity index (χ4n) is 0. The molecule has 0 aliphatic heterocycles. The van der Waals surface area contributed by atoms with Crippen LogP contribution in [0.15, 0.2) is 0 Å². The summed E-state index contributed by atoms with van der Waals surface area (Å²) in [5, 5.41) is 7.06. The fraction of sp³-hybridized carbons (Fsp3) is 0. The van der Waals surface area contributed by atoms with Crippen LogP contribution in [0.4, 0.5) is 0 Å². The minimum absolute atomic E-state index is 0. The first kappa shape index (κ1) is 10.3. The van der Waals surface area contributed by atoms with Crippen LogP contribution in [0.5, 0.6) is 0 Å². The Kier molecular flexibility index (Phi) is 4.91. The normalized spacial score (nSPS) is 10.0. The molecule has 0 radical (unpaired) electrons. The quantitative estimate of drug-likeness (QED) is 0.345. The van der Waals surface area contributed by atoms with E-state index >= 15 is 0 Å². The van der Waals surface area contributed by atoms with E-state index in [0.29, 0.717) is 0 Å². The summed E-state index contributed by atoms with van der Waals surface area (Å²) in [5.74, 6) is 0. The van der Waals surface area contributed by atoms with Crippen LogP contribution in [0, 0.1) is 0 Å². The van der Waals surface area contributed by atoms with Crippen molar-refractivity contribution >= 4 is 27.4 Å². The summed E-state index contributed by atoms with van der Waals surface area (Å²) in [6.45, 7) is 0. The Hall–Kier alpha value is 0.310. The van der Waals surface area contributed by atoms with Gasteiger partial charge in [-0.3, -0.25) is 4.55 Å². The summed E-state index contributed by atoms with van der Waals surface area (Å²) in [6.07, 6.45) is 0. The lowest BCUT2D eigenvalue weighted by Crippen LogP contribution is -1.97. The Morgan fingerprint density at radius 2 is 1.57 bits per heavy atom. The first-order valence-electron chi connectivity index (χ1n) is 0.865. The summed E-state index contributed by atoms with van der Waals surface area (Å²) in [7, 11) is -4.61. The average Bonchev–Trinajstić information content (AvgIpc) is 1.35. The van der Waals surface area contributed by atoms with Crippen LogP contribution in [0.25, 0.3) is 0 Å². The Morgan fingerprint density at radius 1 is 1.43 bits per heavy atom. The van der Waals surface area contributed by atoms with E-state index in [0.717, 1.165) is 0 Å². The lowest BCUT2D eigenvalue weighted by Gasteiger charge is -1.79. The number of rotatable bonds is 1. The van der Waals surface area contributed by atoms with Gasteiger partial charge >= 0.3 is 10.4 Å². The van der Waals surface area contributed by atoms with Gasteiger partial charge in [-0.2, -0.15) is 8.42 Å². The SMILES string of the molecule is Br.O=S(=O)(O)OO. The third-order valence-electron chi connectivity index (χ3n) is 0.0942. The Balaban J connectivity index is 0. The summed E-state index contributed by atoms with van der Waals surface area (Å²) in [4.78, 5) is 0. The van der Waals surface area contributed by atoms with Gasteiger partial charge in [-0.15, -0.1) is 17.0 Å². The van der Waals surface area contributed by atoms with Crippen molar-refractivity contribution in [1.82, 2.24) is 0 Å². The highest BCUT2D eigenvalue weighted by molar-refractivity contribution is 8.93. The van der Waals surface area contributed by atoms with Crippen molar-refractivity contribution in [2.45, 2.75) is 0 Å². The van der Waals surface area contributed by atoms with Crippen LogP contribution in [-0.4, -0.2) is 18.2 Å². The molecule has 7 heteroatoms. The molecule has 0 heterocycles. The Morgan fingerprint density at radius 3 is 1.57 bits per heavy atom. The van der Waals surface area contributed by atoms with Crippen LogP contribution in [0.3, 0.4) is 0 Å². The van der Waals surface area contributed by atoms with Gasteiger partial charge in [0, 0.05) is 0 Å². The zero-order chi connectivity index (χ0) is 5.21. The van der Waals surface area contributed by atoms with Gasteiger partial charge in [0.2, 0.25) is 0 Å². The van der Waals surface area contributed by atoms with Crippen LogP contribution >= 0.6 is 17.0 Å². The van der Waals surface area contributed by atoms with E-state index in [4.69, 9.17) is 18.2 Å². The lowest BCUT2D eigenvalue weighted by atomic mass is 15.0. The molecule has 0 amide bonds. The van der Waals surface area contributed by atoms with Crippen LogP contribution < -0.4 is 0 Å². The van der Waals surface area contributed by atoms with Crippen LogP contribution in [0.1, 0.15) is 0 Å². The van der Waals surface area contributed by atoms with Crippen LogP contribution in [-0.2, 0) is 14.7 Å². The molecule has 0 saturated heterocycles. The molecule has 0 aliphatic rings. The van der Waals surface area contributed by atoms with Crippen molar-refractivity contribution in [3.63, 3.8) is 0 Å². The van der Waals surface area contributed by atoms with Crippen LogP contribution in [0.2, 0.25) is 0 Å². The summed E-state index contributed by atoms with van der Waals surface area (Å²) < 4.78 is 28.0. The number of hydrogen-bond donors (Lipinski definition) is 2. The molecule has 0 aromatic rings. The topological polar surface area (TPSA) is 83.8 Å². The van der Waals surface area contributed by atoms with Gasteiger partial charge in [0.05, 0.1) is 0 Å². The van der Waals surface area contributed by atoms with Gasteiger partial charge in [0.15, 0.2) is 0 Å². The molecule has 0 aromatic carbocycles. The van der Waals surface area contributed by atoms with Gasteiger partial charge in [0.25, 0.3) is 0 Å². The van der Waals surface area contributed by atoms with E-state index in [2.05, 4.69) is 4.33 Å². The Bertz CT molecular complexity index is 110. The van der Waals surface area contributed by atoms with Gasteiger partial charge < -0.3 is 0 Å². The van der Waals surface area contributed by atoms with Gasteiger partial charge in [-0.25, -0.2) is 5.26 Å². The van der Waals surface area contributed by atoms with Crippen molar-refractivity contribution in [1.29, 1.82) is 0 Å². The summed E-state index contributed by atoms with van der Waals surface area (Å²) >= 11 is 0. The highest BCUT2D eigenvalue weighted by Crippen LogP contribution is 1.74. The first-order chi connectivity index (χ1) is 2.56. The second-order valence-corrected chi connectivity index (χ2v) is 1.51. The van der Waals surface area contributed by atoms with Crippen molar-refractivity contribution < 1.29 is 22.6 Å². The minimum atomic E-state index is -4.61. The van der Waals surface area contributed by atoms with Crippen molar-refractivity contribution in [3.8, 4) is 0 Å². The molecule has 0 fully saturated rings. The maximum atomic E-state index is 9.08. The molecule has 0 saturated carbocycles. The van der Waals surface area contributed by atoms with Crippen molar-refractivity contribution in [3.05, 3.63) is 0 Å². The lowest BCUT2D eigenvalue weighted by molar-refractivity contribution is -0.139. The smallest absolute Gasteiger partial charge is 0.262 e. The molecule has 5 nitrogen and oxygen atoms in total. The number of halogens is 1. The van der Waals surface area contributed by atoms with Gasteiger partial charge in [-0.05, 0) is 0 Å². The van der Waals surface area contributed by atoms with Gasteiger partial charge in [0.1, 0.15) is 0 Å². The molecule has 0 aliphatic carbocycles. The third-order valence-corrected chi connectivity index (χ3v) is 0.283. The molecule has 0 bridgehead atoms. The van der Waals surface area contributed by atoms with E-state index in [1.807, 2.05) is 0 Å². The second-order valence-electron chi connectivity index (χ2n) is 0.502. The van der Waals surface area contributed by atoms with E-state index in [1.165, 1.54) is 0 Å². The predicted octanol–water partition coefficient (Wildman–Crippen LogP) is -0.143. The second kappa shape index (κ2) is 3.33. The molecule has 0 rings (SSSR count). The fourth-order valence-corrected chi connectivity index (χ4v) is 0. The summed E-state index contributed by atoms with van der Waals surface area (Å²) in [5.41, 5.74) is 0. The monoisotopic (exact) mass is 194 g/mol.